The van der Waals surface area contributed by atoms with Gasteiger partial charge in [0.25, 0.3) is 0 Å². The van der Waals surface area contributed by atoms with E-state index in [4.69, 9.17) is 9.15 Å². The first kappa shape index (κ1) is 18.7. The molecule has 1 saturated carbocycles. The summed E-state index contributed by atoms with van der Waals surface area (Å²) in [6.45, 7) is 1.29. The third kappa shape index (κ3) is 3.56. The highest BCUT2D eigenvalue weighted by Gasteiger charge is 2.42. The van der Waals surface area contributed by atoms with Crippen molar-refractivity contribution in [3.05, 3.63) is 34.8 Å². The number of likely N-dealkylation sites (tertiary alicyclic amines) is 1. The second-order valence-corrected chi connectivity index (χ2v) is 7.68. The summed E-state index contributed by atoms with van der Waals surface area (Å²) >= 11 is 0. The zero-order chi connectivity index (χ0) is 19.7. The van der Waals surface area contributed by atoms with Crippen LogP contribution in [0.15, 0.2) is 33.5 Å². The van der Waals surface area contributed by atoms with E-state index in [1.54, 1.807) is 18.2 Å². The smallest absolute Gasteiger partial charge is 0.408 e. The van der Waals surface area contributed by atoms with E-state index in [0.29, 0.717) is 30.1 Å². The minimum atomic E-state index is -0.518. The molecule has 2 heterocycles. The zero-order valence-electron chi connectivity index (χ0n) is 15.9. The van der Waals surface area contributed by atoms with Gasteiger partial charge in [0.05, 0.1) is 5.52 Å². The molecule has 28 heavy (non-hydrogen) atoms. The molecule has 0 spiro atoms. The Morgan fingerprint density at radius 1 is 1.25 bits per heavy atom. The molecule has 1 aliphatic heterocycles. The highest BCUT2D eigenvalue weighted by atomic mass is 16.5. The highest BCUT2D eigenvalue weighted by molar-refractivity contribution is 5.80. The number of benzene rings is 1. The fraction of sp³-hybridized carbons (Fsp3) is 0.550. The molecular formula is C20H25N3O5. The second kappa shape index (κ2) is 7.79. The predicted octanol–water partition coefficient (Wildman–Crippen LogP) is 0.984. The van der Waals surface area contributed by atoms with Crippen LogP contribution in [-0.2, 0) is 20.9 Å². The van der Waals surface area contributed by atoms with Gasteiger partial charge in [-0.05, 0) is 30.9 Å². The van der Waals surface area contributed by atoms with Crippen molar-refractivity contribution in [3.63, 3.8) is 0 Å². The van der Waals surface area contributed by atoms with Crippen LogP contribution in [0.5, 0.6) is 0 Å². The van der Waals surface area contributed by atoms with Crippen molar-refractivity contribution in [1.82, 2.24) is 14.8 Å². The lowest BCUT2D eigenvalue weighted by Crippen LogP contribution is -2.46. The second-order valence-electron chi connectivity index (χ2n) is 7.68. The van der Waals surface area contributed by atoms with Crippen molar-refractivity contribution in [2.45, 2.75) is 31.8 Å². The number of hydrogen-bond acceptors (Lipinski definition) is 5. The number of para-hydroxylation sites is 2. The van der Waals surface area contributed by atoms with Crippen LogP contribution in [0.3, 0.4) is 0 Å². The molecule has 8 heteroatoms. The lowest BCUT2D eigenvalue weighted by atomic mass is 9.78. The number of fused-ring (bicyclic) bond motifs is 2. The van der Waals surface area contributed by atoms with Gasteiger partial charge in [-0.1, -0.05) is 18.6 Å². The van der Waals surface area contributed by atoms with Crippen LogP contribution in [-0.4, -0.2) is 54.1 Å². The lowest BCUT2D eigenvalue weighted by molar-refractivity contribution is -0.131. The van der Waals surface area contributed by atoms with Crippen LogP contribution in [0, 0.1) is 11.8 Å². The van der Waals surface area contributed by atoms with E-state index < -0.39 is 5.76 Å². The van der Waals surface area contributed by atoms with Gasteiger partial charge in [0.15, 0.2) is 5.58 Å². The fourth-order valence-electron chi connectivity index (χ4n) is 4.63. The van der Waals surface area contributed by atoms with Crippen molar-refractivity contribution in [1.29, 1.82) is 0 Å². The summed E-state index contributed by atoms with van der Waals surface area (Å²) in [5.41, 5.74) is 1.11. The van der Waals surface area contributed by atoms with Crippen molar-refractivity contribution < 1.29 is 18.7 Å². The number of hydrogen-bond donors (Lipinski definition) is 1. The minimum absolute atomic E-state index is 0.0318. The third-order valence-corrected chi connectivity index (χ3v) is 5.94. The van der Waals surface area contributed by atoms with Gasteiger partial charge >= 0.3 is 5.76 Å². The van der Waals surface area contributed by atoms with Crippen LogP contribution in [0.1, 0.15) is 19.3 Å². The molecule has 1 aliphatic carbocycles. The Balaban J connectivity index is 1.45. The van der Waals surface area contributed by atoms with E-state index in [2.05, 4.69) is 5.32 Å². The number of nitrogens with zero attached hydrogens (tertiary/aromatic N) is 2. The van der Waals surface area contributed by atoms with Gasteiger partial charge in [0.2, 0.25) is 11.8 Å². The molecule has 4 rings (SSSR count). The zero-order valence-corrected chi connectivity index (χ0v) is 15.9. The van der Waals surface area contributed by atoms with Crippen LogP contribution in [0.2, 0.25) is 0 Å². The average Bonchev–Trinajstić information content (AvgIpc) is 3.24. The van der Waals surface area contributed by atoms with Gasteiger partial charge in [-0.25, -0.2) is 4.79 Å². The quantitative estimate of drug-likeness (QED) is 0.826. The first-order valence-corrected chi connectivity index (χ1v) is 9.71. The maximum atomic E-state index is 12.9. The van der Waals surface area contributed by atoms with E-state index in [1.165, 1.54) is 11.7 Å². The SMILES string of the molecule is COCC(=O)N[C@H]1CCC[C@H]2CN(C(=O)Cn3c(=O)oc4ccccc43)C[C@H]21. The molecule has 2 fully saturated rings. The molecule has 0 unspecified atom stereocenters. The maximum absolute atomic E-state index is 12.9. The average molecular weight is 387 g/mol. The Hall–Kier alpha value is -2.61. The molecular weight excluding hydrogens is 362 g/mol. The van der Waals surface area contributed by atoms with Gasteiger partial charge in [-0.15, -0.1) is 0 Å². The summed E-state index contributed by atoms with van der Waals surface area (Å²) in [6.07, 6.45) is 3.01. The van der Waals surface area contributed by atoms with E-state index in [-0.39, 0.29) is 36.9 Å². The number of nitrogens with one attached hydrogen (secondary N) is 1. The van der Waals surface area contributed by atoms with Gasteiger partial charge in [0.1, 0.15) is 13.2 Å². The van der Waals surface area contributed by atoms with Gasteiger partial charge < -0.3 is 19.4 Å². The van der Waals surface area contributed by atoms with E-state index in [0.717, 1.165) is 19.3 Å². The lowest BCUT2D eigenvalue weighted by Gasteiger charge is -2.33. The summed E-state index contributed by atoms with van der Waals surface area (Å²) in [4.78, 5) is 38.8. The predicted molar refractivity (Wildman–Crippen MR) is 102 cm³/mol. The number of aromatic nitrogens is 1. The molecule has 1 N–H and O–H groups in total. The van der Waals surface area contributed by atoms with E-state index >= 15 is 0 Å². The summed E-state index contributed by atoms with van der Waals surface area (Å²) in [5, 5.41) is 3.06. The van der Waals surface area contributed by atoms with Gasteiger partial charge in [0, 0.05) is 32.2 Å². The maximum Gasteiger partial charge on any atom is 0.420 e. The molecule has 150 valence electrons. The monoisotopic (exact) mass is 387 g/mol. The molecule has 0 bridgehead atoms. The largest absolute Gasteiger partial charge is 0.420 e. The molecule has 0 radical (unpaired) electrons. The Bertz CT molecular complexity index is 933. The fourth-order valence-corrected chi connectivity index (χ4v) is 4.63. The van der Waals surface area contributed by atoms with Crippen LogP contribution in [0.25, 0.3) is 11.1 Å². The van der Waals surface area contributed by atoms with Crippen LogP contribution >= 0.6 is 0 Å². The van der Waals surface area contributed by atoms with Crippen molar-refractivity contribution in [2.75, 3.05) is 26.8 Å². The number of methoxy groups -OCH3 is 1. The highest BCUT2D eigenvalue weighted by Crippen LogP contribution is 2.36. The van der Waals surface area contributed by atoms with Gasteiger partial charge in [-0.3, -0.25) is 14.2 Å². The van der Waals surface area contributed by atoms with Crippen LogP contribution in [0.4, 0.5) is 0 Å². The topological polar surface area (TPSA) is 93.8 Å². The summed E-state index contributed by atoms with van der Waals surface area (Å²) in [7, 11) is 1.50. The Morgan fingerprint density at radius 3 is 2.89 bits per heavy atom. The number of amides is 2. The Morgan fingerprint density at radius 2 is 2.07 bits per heavy atom. The first-order chi connectivity index (χ1) is 13.6. The third-order valence-electron chi connectivity index (χ3n) is 5.94. The minimum Gasteiger partial charge on any atom is -0.408 e. The summed E-state index contributed by atoms with van der Waals surface area (Å²) in [5.74, 6) is -0.102. The summed E-state index contributed by atoms with van der Waals surface area (Å²) in [6, 6.07) is 7.17. The molecule has 1 aromatic heterocycles. The van der Waals surface area contributed by atoms with Crippen molar-refractivity contribution in [2.24, 2.45) is 11.8 Å². The normalized spacial score (nSPS) is 24.3. The van der Waals surface area contributed by atoms with Crippen molar-refractivity contribution >= 4 is 22.9 Å². The molecule has 8 nitrogen and oxygen atoms in total. The van der Waals surface area contributed by atoms with E-state index in [1.807, 2.05) is 11.0 Å². The van der Waals surface area contributed by atoms with Gasteiger partial charge in [-0.2, -0.15) is 0 Å². The van der Waals surface area contributed by atoms with Crippen molar-refractivity contribution in [3.8, 4) is 0 Å². The standard InChI is InChI=1S/C20H25N3O5/c1-27-12-18(24)21-15-6-4-5-13-9-22(10-14(13)15)19(25)11-23-16-7-2-3-8-17(16)28-20(23)26/h2-3,7-8,13-15H,4-6,9-12H2,1H3,(H,21,24)/t13-,14+,15-/m0/s1. The summed E-state index contributed by atoms with van der Waals surface area (Å²) < 4.78 is 11.5. The molecule has 1 saturated heterocycles. The van der Waals surface area contributed by atoms with E-state index in [9.17, 15) is 14.4 Å². The number of carbonyl (C=O) groups excluding carboxylic acids is 2. The molecule has 2 aromatic rings. The number of rotatable bonds is 5. The first-order valence-electron chi connectivity index (χ1n) is 9.71. The number of oxazole rings is 1. The Labute approximate surface area is 162 Å². The molecule has 2 aliphatic rings. The Kier molecular flexibility index (Phi) is 5.21. The number of ether oxygens (including phenoxy) is 1. The number of carbonyl (C=O) groups is 2. The van der Waals surface area contributed by atoms with Crippen LogP contribution < -0.4 is 11.1 Å². The molecule has 2 amide bonds. The molecule has 3 atom stereocenters. The molecule has 1 aromatic carbocycles.